The first kappa shape index (κ1) is 22.0. The van der Waals surface area contributed by atoms with Crippen molar-refractivity contribution in [2.24, 2.45) is 16.8 Å². The van der Waals surface area contributed by atoms with Crippen molar-refractivity contribution in [1.82, 2.24) is 14.9 Å². The highest BCUT2D eigenvalue weighted by Crippen LogP contribution is 2.23. The Hall–Kier alpha value is -0.0900. The summed E-state index contributed by atoms with van der Waals surface area (Å²) in [6.45, 7) is 4.46. The first-order valence-corrected chi connectivity index (χ1v) is 10.7. The Labute approximate surface area is 164 Å². The highest BCUT2D eigenvalue weighted by Gasteiger charge is 2.25. The van der Waals surface area contributed by atoms with Gasteiger partial charge < -0.3 is 10.6 Å². The first-order chi connectivity index (χ1) is 10.9. The largest absolute Gasteiger partial charge is 0.356 e. The lowest BCUT2D eigenvalue weighted by molar-refractivity contribution is 0.274. The van der Waals surface area contributed by atoms with Gasteiger partial charge in [0.2, 0.25) is 10.0 Å². The summed E-state index contributed by atoms with van der Waals surface area (Å²) in [5.74, 6) is 2.25. The smallest absolute Gasteiger partial charge is 0.211 e. The van der Waals surface area contributed by atoms with Crippen molar-refractivity contribution < 1.29 is 8.42 Å². The second-order valence-corrected chi connectivity index (χ2v) is 9.14. The molecule has 6 nitrogen and oxygen atoms in total. The first-order valence-electron chi connectivity index (χ1n) is 8.80. The molecule has 1 aliphatic carbocycles. The van der Waals surface area contributed by atoms with Crippen LogP contribution in [0.4, 0.5) is 0 Å². The summed E-state index contributed by atoms with van der Waals surface area (Å²) in [5.41, 5.74) is 0. The second kappa shape index (κ2) is 10.2. The van der Waals surface area contributed by atoms with E-state index in [1.807, 2.05) is 7.05 Å². The normalized spacial score (nSPS) is 27.4. The lowest BCUT2D eigenvalue weighted by Gasteiger charge is -2.31. The number of nitrogens with one attached hydrogen (secondary N) is 2. The molecular formula is C16H33IN4O2S. The average molecular weight is 472 g/mol. The number of rotatable bonds is 4. The molecule has 0 spiro atoms. The molecule has 0 aromatic carbocycles. The lowest BCUT2D eigenvalue weighted by atomic mass is 9.87. The predicted octanol–water partition coefficient (Wildman–Crippen LogP) is 2.02. The maximum Gasteiger partial charge on any atom is 0.211 e. The number of guanidine groups is 1. The van der Waals surface area contributed by atoms with Gasteiger partial charge in [-0.3, -0.25) is 4.99 Å². The minimum absolute atomic E-state index is 0. The minimum atomic E-state index is -3.03. The zero-order valence-electron chi connectivity index (χ0n) is 15.1. The van der Waals surface area contributed by atoms with Crippen LogP contribution in [0.3, 0.4) is 0 Å². The zero-order valence-corrected chi connectivity index (χ0v) is 18.3. The van der Waals surface area contributed by atoms with Crippen molar-refractivity contribution >= 4 is 40.0 Å². The number of halogens is 1. The standard InChI is InChI=1S/C16H32N4O2S.HI/c1-13-4-6-15(7-5-13)19-16(17-2)18-12-14-8-10-20(11-9-14)23(3,21)22;/h13-15H,4-12H2,1-3H3,(H2,17,18,19);1H. The number of hydrogen-bond acceptors (Lipinski definition) is 3. The molecule has 0 bridgehead atoms. The Balaban J connectivity index is 0.00000288. The SMILES string of the molecule is CN=C(NCC1CCN(S(C)(=O)=O)CC1)NC1CCC(C)CC1.I. The van der Waals surface area contributed by atoms with E-state index in [4.69, 9.17) is 0 Å². The Morgan fingerprint density at radius 3 is 2.21 bits per heavy atom. The van der Waals surface area contributed by atoms with E-state index in [2.05, 4.69) is 22.5 Å². The van der Waals surface area contributed by atoms with Crippen LogP contribution in [0.15, 0.2) is 4.99 Å². The topological polar surface area (TPSA) is 73.8 Å². The summed E-state index contributed by atoms with van der Waals surface area (Å²) in [7, 11) is -1.22. The van der Waals surface area contributed by atoms with Gasteiger partial charge in [0.25, 0.3) is 0 Å². The van der Waals surface area contributed by atoms with Gasteiger partial charge >= 0.3 is 0 Å². The van der Waals surface area contributed by atoms with Crippen LogP contribution in [-0.2, 0) is 10.0 Å². The third-order valence-electron chi connectivity index (χ3n) is 5.18. The van der Waals surface area contributed by atoms with E-state index in [0.717, 1.165) is 31.3 Å². The molecule has 1 saturated carbocycles. The van der Waals surface area contributed by atoms with Gasteiger partial charge in [0.1, 0.15) is 0 Å². The number of sulfonamides is 1. The van der Waals surface area contributed by atoms with Gasteiger partial charge in [0.15, 0.2) is 5.96 Å². The van der Waals surface area contributed by atoms with Crippen LogP contribution < -0.4 is 10.6 Å². The minimum Gasteiger partial charge on any atom is -0.356 e. The molecule has 1 heterocycles. The van der Waals surface area contributed by atoms with Crippen LogP contribution in [-0.4, -0.2) is 57.7 Å². The maximum absolute atomic E-state index is 11.5. The quantitative estimate of drug-likeness (QED) is 0.373. The third kappa shape index (κ3) is 7.03. The Morgan fingerprint density at radius 1 is 1.12 bits per heavy atom. The summed E-state index contributed by atoms with van der Waals surface area (Å²) < 4.78 is 24.6. The van der Waals surface area contributed by atoms with Crippen LogP contribution in [0.1, 0.15) is 45.4 Å². The van der Waals surface area contributed by atoms with Crippen molar-refractivity contribution in [2.75, 3.05) is 32.9 Å². The Morgan fingerprint density at radius 2 is 1.71 bits per heavy atom. The van der Waals surface area contributed by atoms with Crippen molar-refractivity contribution in [3.05, 3.63) is 0 Å². The van der Waals surface area contributed by atoms with Crippen molar-refractivity contribution in [2.45, 2.75) is 51.5 Å². The molecule has 0 amide bonds. The number of piperidine rings is 1. The number of aliphatic imine (C=N–C) groups is 1. The van der Waals surface area contributed by atoms with Crippen LogP contribution in [0.2, 0.25) is 0 Å². The molecule has 2 fully saturated rings. The summed E-state index contributed by atoms with van der Waals surface area (Å²) in [5, 5.41) is 6.95. The zero-order chi connectivity index (χ0) is 16.9. The summed E-state index contributed by atoms with van der Waals surface area (Å²) in [6, 6.07) is 0.532. The van der Waals surface area contributed by atoms with E-state index in [0.29, 0.717) is 25.0 Å². The molecule has 0 atom stereocenters. The van der Waals surface area contributed by atoms with Gasteiger partial charge in [-0.25, -0.2) is 12.7 Å². The molecule has 0 radical (unpaired) electrons. The molecule has 2 N–H and O–H groups in total. The van der Waals surface area contributed by atoms with Crippen LogP contribution in [0.25, 0.3) is 0 Å². The van der Waals surface area contributed by atoms with Gasteiger partial charge in [0.05, 0.1) is 6.26 Å². The molecule has 8 heteroatoms. The molecule has 2 rings (SSSR count). The molecule has 0 aromatic rings. The highest BCUT2D eigenvalue weighted by molar-refractivity contribution is 14.0. The lowest BCUT2D eigenvalue weighted by Crippen LogP contribution is -2.47. The summed E-state index contributed by atoms with van der Waals surface area (Å²) in [6.07, 6.45) is 8.14. The fourth-order valence-electron chi connectivity index (χ4n) is 3.48. The predicted molar refractivity (Wildman–Crippen MR) is 110 cm³/mol. The van der Waals surface area contributed by atoms with Crippen molar-refractivity contribution in [3.8, 4) is 0 Å². The van der Waals surface area contributed by atoms with Crippen LogP contribution in [0, 0.1) is 11.8 Å². The van der Waals surface area contributed by atoms with Gasteiger partial charge in [-0.05, 0) is 50.4 Å². The third-order valence-corrected chi connectivity index (χ3v) is 6.48. The highest BCUT2D eigenvalue weighted by atomic mass is 127. The van der Waals surface area contributed by atoms with Crippen molar-refractivity contribution in [3.63, 3.8) is 0 Å². The monoisotopic (exact) mass is 472 g/mol. The molecule has 142 valence electrons. The molecule has 1 saturated heterocycles. The van der Waals surface area contributed by atoms with Gasteiger partial charge in [0, 0.05) is 32.7 Å². The van der Waals surface area contributed by atoms with E-state index in [-0.39, 0.29) is 24.0 Å². The molecular weight excluding hydrogens is 439 g/mol. The number of hydrogen-bond donors (Lipinski definition) is 2. The van der Waals surface area contributed by atoms with E-state index in [9.17, 15) is 8.42 Å². The van der Waals surface area contributed by atoms with E-state index in [1.54, 1.807) is 4.31 Å². The summed E-state index contributed by atoms with van der Waals surface area (Å²) in [4.78, 5) is 4.33. The molecule has 0 unspecified atom stereocenters. The fraction of sp³-hybridized carbons (Fsp3) is 0.938. The average Bonchev–Trinajstić information content (AvgIpc) is 2.53. The molecule has 0 aromatic heterocycles. The van der Waals surface area contributed by atoms with Gasteiger partial charge in [-0.2, -0.15) is 0 Å². The Bertz CT molecular complexity index is 496. The van der Waals surface area contributed by atoms with E-state index >= 15 is 0 Å². The van der Waals surface area contributed by atoms with Crippen molar-refractivity contribution in [1.29, 1.82) is 0 Å². The van der Waals surface area contributed by atoms with Crippen LogP contribution in [0.5, 0.6) is 0 Å². The fourth-order valence-corrected chi connectivity index (χ4v) is 4.35. The maximum atomic E-state index is 11.5. The second-order valence-electron chi connectivity index (χ2n) is 7.16. The van der Waals surface area contributed by atoms with E-state index < -0.39 is 10.0 Å². The molecule has 24 heavy (non-hydrogen) atoms. The Kier molecular flexibility index (Phi) is 9.29. The van der Waals surface area contributed by atoms with E-state index in [1.165, 1.54) is 31.9 Å². The van der Waals surface area contributed by atoms with Crippen LogP contribution >= 0.6 is 24.0 Å². The number of nitrogens with zero attached hydrogens (tertiary/aromatic N) is 2. The van der Waals surface area contributed by atoms with Gasteiger partial charge in [-0.1, -0.05) is 6.92 Å². The summed E-state index contributed by atoms with van der Waals surface area (Å²) >= 11 is 0. The molecule has 1 aliphatic heterocycles. The molecule has 2 aliphatic rings. The van der Waals surface area contributed by atoms with Gasteiger partial charge in [-0.15, -0.1) is 24.0 Å².